The van der Waals surface area contributed by atoms with E-state index in [0.29, 0.717) is 13.2 Å². The fourth-order valence-electron chi connectivity index (χ4n) is 1.30. The summed E-state index contributed by atoms with van der Waals surface area (Å²) in [6, 6.07) is 7.54. The molecule has 0 fully saturated rings. The van der Waals surface area contributed by atoms with Crippen LogP contribution in [0.15, 0.2) is 24.3 Å². The molecule has 0 atom stereocenters. The Bertz CT molecular complexity index is 358. The second-order valence-corrected chi connectivity index (χ2v) is 4.64. The summed E-state index contributed by atoms with van der Waals surface area (Å²) >= 11 is 2.16. The van der Waals surface area contributed by atoms with Gasteiger partial charge in [-0.25, -0.2) is 0 Å². The van der Waals surface area contributed by atoms with Crippen LogP contribution in [0.25, 0.3) is 0 Å². The normalized spacial score (nSPS) is 10.2. The second kappa shape index (κ2) is 8.43. The quantitative estimate of drug-likeness (QED) is 0.576. The largest absolute Gasteiger partial charge is 0.383 e. The maximum atomic E-state index is 11.8. The lowest BCUT2D eigenvalue weighted by molar-refractivity contribution is 0.0953. The van der Waals surface area contributed by atoms with Gasteiger partial charge in [0, 0.05) is 30.3 Å². The molecule has 1 rings (SSSR count). The van der Waals surface area contributed by atoms with Crippen LogP contribution in [0.3, 0.4) is 0 Å². The van der Waals surface area contributed by atoms with Crippen molar-refractivity contribution in [3.8, 4) is 0 Å². The second-order valence-electron chi connectivity index (χ2n) is 3.48. The van der Waals surface area contributed by atoms with Crippen LogP contribution in [0.4, 0.5) is 0 Å². The predicted molar refractivity (Wildman–Crippen MR) is 76.2 cm³/mol. The van der Waals surface area contributed by atoms with Gasteiger partial charge in [0.2, 0.25) is 0 Å². The zero-order valence-corrected chi connectivity index (χ0v) is 12.0. The number of ether oxygens (including phenoxy) is 1. The number of hydrogen-bond donors (Lipinski definition) is 2. The molecule has 0 saturated carbocycles. The van der Waals surface area contributed by atoms with E-state index in [4.69, 9.17) is 4.74 Å². The first kappa shape index (κ1) is 14.4. The van der Waals surface area contributed by atoms with Gasteiger partial charge in [0.25, 0.3) is 5.91 Å². The van der Waals surface area contributed by atoms with Crippen molar-refractivity contribution in [3.63, 3.8) is 0 Å². The highest BCUT2D eigenvalue weighted by molar-refractivity contribution is 14.1. The molecule has 1 aromatic carbocycles. The lowest BCUT2D eigenvalue weighted by Crippen LogP contribution is -2.33. The zero-order chi connectivity index (χ0) is 12.5. The van der Waals surface area contributed by atoms with Crippen molar-refractivity contribution in [1.29, 1.82) is 0 Å². The Balaban J connectivity index is 2.24. The molecule has 0 aliphatic carbocycles. The molecule has 2 N–H and O–H groups in total. The van der Waals surface area contributed by atoms with Gasteiger partial charge in [-0.05, 0) is 34.7 Å². The Hall–Kier alpha value is -0.660. The van der Waals surface area contributed by atoms with Crippen molar-refractivity contribution in [2.75, 3.05) is 33.4 Å². The average Bonchev–Trinajstić information content (AvgIpc) is 2.34. The fourth-order valence-corrected chi connectivity index (χ4v) is 1.94. The van der Waals surface area contributed by atoms with Crippen molar-refractivity contribution in [1.82, 2.24) is 10.6 Å². The standard InChI is InChI=1S/C12H17IN2O2/c1-17-9-8-14-6-7-15-12(16)10-4-2-3-5-11(10)13/h2-5,14H,6-9H2,1H3,(H,15,16). The van der Waals surface area contributed by atoms with Gasteiger partial charge in [-0.1, -0.05) is 12.1 Å². The van der Waals surface area contributed by atoms with Crippen molar-refractivity contribution in [2.24, 2.45) is 0 Å². The summed E-state index contributed by atoms with van der Waals surface area (Å²) in [5, 5.41) is 6.04. The number of methoxy groups -OCH3 is 1. The molecule has 0 saturated heterocycles. The molecule has 17 heavy (non-hydrogen) atoms. The molecular formula is C12H17IN2O2. The number of carbonyl (C=O) groups excluding carboxylic acids is 1. The van der Waals surface area contributed by atoms with Gasteiger partial charge in [-0.15, -0.1) is 0 Å². The smallest absolute Gasteiger partial charge is 0.252 e. The molecule has 5 heteroatoms. The molecule has 0 spiro atoms. The van der Waals surface area contributed by atoms with Gasteiger partial charge >= 0.3 is 0 Å². The molecule has 0 aliphatic rings. The first-order valence-corrected chi connectivity index (χ1v) is 6.56. The van der Waals surface area contributed by atoms with Crippen LogP contribution in [-0.2, 0) is 4.74 Å². The molecular weight excluding hydrogens is 331 g/mol. The van der Waals surface area contributed by atoms with E-state index in [0.717, 1.165) is 22.2 Å². The van der Waals surface area contributed by atoms with Crippen LogP contribution in [-0.4, -0.2) is 39.3 Å². The molecule has 0 radical (unpaired) electrons. The summed E-state index contributed by atoms with van der Waals surface area (Å²) in [4.78, 5) is 11.8. The minimum Gasteiger partial charge on any atom is -0.383 e. The Morgan fingerprint density at radius 2 is 2.06 bits per heavy atom. The Kier molecular flexibility index (Phi) is 7.14. The summed E-state index contributed by atoms with van der Waals surface area (Å²) < 4.78 is 5.87. The lowest BCUT2D eigenvalue weighted by atomic mass is 10.2. The first-order valence-electron chi connectivity index (χ1n) is 5.48. The van der Waals surface area contributed by atoms with Crippen molar-refractivity contribution in [3.05, 3.63) is 33.4 Å². The Morgan fingerprint density at radius 1 is 1.29 bits per heavy atom. The number of nitrogens with one attached hydrogen (secondary N) is 2. The van der Waals surface area contributed by atoms with Crippen LogP contribution in [0.1, 0.15) is 10.4 Å². The van der Waals surface area contributed by atoms with E-state index in [-0.39, 0.29) is 5.91 Å². The number of halogens is 1. The minimum atomic E-state index is -0.0245. The van der Waals surface area contributed by atoms with E-state index >= 15 is 0 Å². The van der Waals surface area contributed by atoms with Gasteiger partial charge < -0.3 is 15.4 Å². The van der Waals surface area contributed by atoms with Gasteiger partial charge in [0.15, 0.2) is 0 Å². The Morgan fingerprint density at radius 3 is 2.76 bits per heavy atom. The maximum Gasteiger partial charge on any atom is 0.252 e. The van der Waals surface area contributed by atoms with Gasteiger partial charge in [0.05, 0.1) is 12.2 Å². The third-order valence-electron chi connectivity index (χ3n) is 2.19. The van der Waals surface area contributed by atoms with Gasteiger partial charge in [-0.2, -0.15) is 0 Å². The summed E-state index contributed by atoms with van der Waals surface area (Å²) in [6.07, 6.45) is 0. The van der Waals surface area contributed by atoms with Gasteiger partial charge in [0.1, 0.15) is 0 Å². The third kappa shape index (κ3) is 5.47. The molecule has 0 bridgehead atoms. The summed E-state index contributed by atoms with van der Waals surface area (Å²) in [5.74, 6) is -0.0245. The molecule has 0 unspecified atom stereocenters. The van der Waals surface area contributed by atoms with E-state index in [1.165, 1.54) is 0 Å². The topological polar surface area (TPSA) is 50.4 Å². The first-order chi connectivity index (χ1) is 8.25. The summed E-state index contributed by atoms with van der Waals surface area (Å²) in [5.41, 5.74) is 0.727. The highest BCUT2D eigenvalue weighted by atomic mass is 127. The predicted octanol–water partition coefficient (Wildman–Crippen LogP) is 1.26. The molecule has 0 heterocycles. The van der Waals surface area contributed by atoms with E-state index in [1.807, 2.05) is 24.3 Å². The van der Waals surface area contributed by atoms with E-state index < -0.39 is 0 Å². The average molecular weight is 348 g/mol. The van der Waals surface area contributed by atoms with Crippen molar-refractivity contribution >= 4 is 28.5 Å². The van der Waals surface area contributed by atoms with Crippen molar-refractivity contribution in [2.45, 2.75) is 0 Å². The fraction of sp³-hybridized carbons (Fsp3) is 0.417. The number of rotatable bonds is 7. The third-order valence-corrected chi connectivity index (χ3v) is 3.13. The van der Waals surface area contributed by atoms with Crippen LogP contribution >= 0.6 is 22.6 Å². The molecule has 94 valence electrons. The summed E-state index contributed by atoms with van der Waals surface area (Å²) in [7, 11) is 1.67. The number of benzene rings is 1. The monoisotopic (exact) mass is 348 g/mol. The molecule has 0 aromatic heterocycles. The number of hydrogen-bond acceptors (Lipinski definition) is 3. The summed E-state index contributed by atoms with van der Waals surface area (Å²) in [6.45, 7) is 2.85. The van der Waals surface area contributed by atoms with Gasteiger partial charge in [-0.3, -0.25) is 4.79 Å². The lowest BCUT2D eigenvalue weighted by Gasteiger charge is -2.07. The molecule has 0 aliphatic heterocycles. The number of amides is 1. The highest BCUT2D eigenvalue weighted by Gasteiger charge is 2.07. The minimum absolute atomic E-state index is 0.0245. The molecule has 1 amide bonds. The van der Waals surface area contributed by atoms with Crippen LogP contribution in [0, 0.1) is 3.57 Å². The highest BCUT2D eigenvalue weighted by Crippen LogP contribution is 2.10. The van der Waals surface area contributed by atoms with E-state index in [9.17, 15) is 4.79 Å². The van der Waals surface area contributed by atoms with Crippen LogP contribution < -0.4 is 10.6 Å². The van der Waals surface area contributed by atoms with Crippen molar-refractivity contribution < 1.29 is 9.53 Å². The van der Waals surface area contributed by atoms with E-state index in [2.05, 4.69) is 33.2 Å². The van der Waals surface area contributed by atoms with E-state index in [1.54, 1.807) is 7.11 Å². The molecule has 4 nitrogen and oxygen atoms in total. The Labute approximate surface area is 115 Å². The maximum absolute atomic E-state index is 11.8. The van der Waals surface area contributed by atoms with Crippen LogP contribution in [0.5, 0.6) is 0 Å². The van der Waals surface area contributed by atoms with Crippen LogP contribution in [0.2, 0.25) is 0 Å². The SMILES string of the molecule is COCCNCCNC(=O)c1ccccc1I. The number of carbonyl (C=O) groups is 1. The molecule has 1 aromatic rings. The zero-order valence-electron chi connectivity index (χ0n) is 9.83.